The van der Waals surface area contributed by atoms with Crippen molar-refractivity contribution in [1.82, 2.24) is 15.3 Å². The van der Waals surface area contributed by atoms with Crippen LogP contribution in [0, 0.1) is 0 Å². The van der Waals surface area contributed by atoms with E-state index in [0.29, 0.717) is 5.92 Å². The van der Waals surface area contributed by atoms with Crippen molar-refractivity contribution in [2.24, 2.45) is 0 Å². The summed E-state index contributed by atoms with van der Waals surface area (Å²) in [6.45, 7) is 2.28. The summed E-state index contributed by atoms with van der Waals surface area (Å²) in [6, 6.07) is 0. The standard InChI is InChI=1S/C12H17N3/c1-2-10-11(3-1)14-8-15-12(10)9-4-6-13-7-5-9/h8-9,13H,1-7H2. The van der Waals surface area contributed by atoms with E-state index in [9.17, 15) is 0 Å². The van der Waals surface area contributed by atoms with Gasteiger partial charge in [0.15, 0.2) is 0 Å². The number of nitrogens with zero attached hydrogens (tertiary/aromatic N) is 2. The van der Waals surface area contributed by atoms with E-state index >= 15 is 0 Å². The molecule has 0 amide bonds. The second-order valence-electron chi connectivity index (χ2n) is 4.56. The molecule has 15 heavy (non-hydrogen) atoms. The number of fused-ring (bicyclic) bond motifs is 1. The molecule has 1 N–H and O–H groups in total. The van der Waals surface area contributed by atoms with Crippen LogP contribution >= 0.6 is 0 Å². The Labute approximate surface area is 90.3 Å². The molecule has 0 unspecified atom stereocenters. The summed E-state index contributed by atoms with van der Waals surface area (Å²) in [5.74, 6) is 0.682. The normalized spacial score (nSPS) is 21.6. The number of hydrogen-bond donors (Lipinski definition) is 1. The van der Waals surface area contributed by atoms with Crippen molar-refractivity contribution >= 4 is 0 Å². The van der Waals surface area contributed by atoms with Gasteiger partial charge >= 0.3 is 0 Å². The largest absolute Gasteiger partial charge is 0.317 e. The van der Waals surface area contributed by atoms with Crippen LogP contribution in [0.5, 0.6) is 0 Å². The molecule has 1 aromatic rings. The van der Waals surface area contributed by atoms with Crippen LogP contribution in [0.1, 0.15) is 42.1 Å². The van der Waals surface area contributed by atoms with Crippen LogP contribution in [0.15, 0.2) is 6.33 Å². The maximum Gasteiger partial charge on any atom is 0.115 e. The minimum Gasteiger partial charge on any atom is -0.317 e. The van der Waals surface area contributed by atoms with Crippen molar-refractivity contribution in [3.8, 4) is 0 Å². The average molecular weight is 203 g/mol. The van der Waals surface area contributed by atoms with Gasteiger partial charge in [0.2, 0.25) is 0 Å². The lowest BCUT2D eigenvalue weighted by atomic mass is 9.91. The molecule has 3 nitrogen and oxygen atoms in total. The van der Waals surface area contributed by atoms with Crippen LogP contribution in [0.25, 0.3) is 0 Å². The summed E-state index contributed by atoms with van der Waals surface area (Å²) in [5.41, 5.74) is 4.15. The van der Waals surface area contributed by atoms with Gasteiger partial charge in [-0.05, 0) is 50.8 Å². The molecule has 0 saturated carbocycles. The van der Waals surface area contributed by atoms with Crippen molar-refractivity contribution in [1.29, 1.82) is 0 Å². The summed E-state index contributed by atoms with van der Waals surface area (Å²) in [7, 11) is 0. The molecule has 0 aromatic carbocycles. The van der Waals surface area contributed by atoms with Crippen LogP contribution in [0.2, 0.25) is 0 Å². The van der Waals surface area contributed by atoms with Gasteiger partial charge < -0.3 is 5.32 Å². The molecule has 2 heterocycles. The SMILES string of the molecule is c1nc2c(c(C3CCNCC3)n1)CCC2. The third-order valence-electron chi connectivity index (χ3n) is 3.63. The monoisotopic (exact) mass is 203 g/mol. The predicted molar refractivity (Wildman–Crippen MR) is 58.9 cm³/mol. The lowest BCUT2D eigenvalue weighted by Gasteiger charge is -2.23. The van der Waals surface area contributed by atoms with Crippen LogP contribution in [0.4, 0.5) is 0 Å². The van der Waals surface area contributed by atoms with E-state index in [1.165, 1.54) is 42.6 Å². The van der Waals surface area contributed by atoms with E-state index in [-0.39, 0.29) is 0 Å². The molecule has 0 bridgehead atoms. The van der Waals surface area contributed by atoms with Crippen molar-refractivity contribution < 1.29 is 0 Å². The highest BCUT2D eigenvalue weighted by Gasteiger charge is 2.23. The van der Waals surface area contributed by atoms with E-state index < -0.39 is 0 Å². The third kappa shape index (κ3) is 1.65. The Morgan fingerprint density at radius 3 is 2.87 bits per heavy atom. The number of hydrogen-bond acceptors (Lipinski definition) is 3. The van der Waals surface area contributed by atoms with Gasteiger partial charge in [0.25, 0.3) is 0 Å². The number of nitrogens with one attached hydrogen (secondary N) is 1. The molecule has 1 aliphatic heterocycles. The molecular formula is C12H17N3. The minimum atomic E-state index is 0.682. The predicted octanol–water partition coefficient (Wildman–Crippen LogP) is 1.43. The summed E-state index contributed by atoms with van der Waals surface area (Å²) in [5, 5.41) is 3.41. The van der Waals surface area contributed by atoms with E-state index in [1.54, 1.807) is 6.33 Å². The summed E-state index contributed by atoms with van der Waals surface area (Å²) < 4.78 is 0. The van der Waals surface area contributed by atoms with E-state index in [2.05, 4.69) is 15.3 Å². The van der Waals surface area contributed by atoms with E-state index in [0.717, 1.165) is 19.5 Å². The van der Waals surface area contributed by atoms with Crippen molar-refractivity contribution in [2.45, 2.75) is 38.0 Å². The fourth-order valence-electron chi connectivity index (χ4n) is 2.83. The molecule has 2 aliphatic rings. The Balaban J connectivity index is 1.93. The van der Waals surface area contributed by atoms with Gasteiger partial charge in [0, 0.05) is 11.6 Å². The molecule has 1 aliphatic carbocycles. The van der Waals surface area contributed by atoms with Gasteiger partial charge in [-0.1, -0.05) is 0 Å². The zero-order chi connectivity index (χ0) is 10.1. The molecule has 0 atom stereocenters. The van der Waals surface area contributed by atoms with Gasteiger partial charge in [0.05, 0.1) is 5.69 Å². The highest BCUT2D eigenvalue weighted by molar-refractivity contribution is 5.31. The van der Waals surface area contributed by atoms with Gasteiger partial charge in [-0.25, -0.2) is 9.97 Å². The Morgan fingerprint density at radius 1 is 1.13 bits per heavy atom. The zero-order valence-corrected chi connectivity index (χ0v) is 9.00. The lowest BCUT2D eigenvalue weighted by molar-refractivity contribution is 0.450. The molecule has 0 radical (unpaired) electrons. The first-order valence-corrected chi connectivity index (χ1v) is 5.98. The highest BCUT2D eigenvalue weighted by Crippen LogP contribution is 2.31. The van der Waals surface area contributed by atoms with Crippen LogP contribution in [-0.4, -0.2) is 23.1 Å². The smallest absolute Gasteiger partial charge is 0.115 e. The Kier molecular flexibility index (Phi) is 2.41. The number of aromatic nitrogens is 2. The van der Waals surface area contributed by atoms with Crippen molar-refractivity contribution in [2.75, 3.05) is 13.1 Å². The average Bonchev–Trinajstić information content (AvgIpc) is 2.78. The summed E-state index contributed by atoms with van der Waals surface area (Å²) >= 11 is 0. The molecule has 0 spiro atoms. The van der Waals surface area contributed by atoms with Crippen molar-refractivity contribution in [3.05, 3.63) is 23.3 Å². The first-order chi connectivity index (χ1) is 7.45. The zero-order valence-electron chi connectivity index (χ0n) is 9.00. The molecule has 1 saturated heterocycles. The maximum absolute atomic E-state index is 4.54. The van der Waals surface area contributed by atoms with Gasteiger partial charge in [-0.3, -0.25) is 0 Å². The maximum atomic E-state index is 4.54. The minimum absolute atomic E-state index is 0.682. The third-order valence-corrected chi connectivity index (χ3v) is 3.63. The quantitative estimate of drug-likeness (QED) is 0.750. The first-order valence-electron chi connectivity index (χ1n) is 5.98. The molecule has 1 fully saturated rings. The van der Waals surface area contributed by atoms with E-state index in [1.807, 2.05) is 0 Å². The Hall–Kier alpha value is -0.960. The summed E-state index contributed by atoms with van der Waals surface area (Å²) in [6.07, 6.45) is 7.88. The molecule has 80 valence electrons. The Bertz CT molecular complexity index is 356. The molecular weight excluding hydrogens is 186 g/mol. The second-order valence-corrected chi connectivity index (χ2v) is 4.56. The topological polar surface area (TPSA) is 37.8 Å². The van der Waals surface area contributed by atoms with E-state index in [4.69, 9.17) is 0 Å². The number of rotatable bonds is 1. The molecule has 1 aromatic heterocycles. The fourth-order valence-corrected chi connectivity index (χ4v) is 2.83. The number of piperidine rings is 1. The highest BCUT2D eigenvalue weighted by atomic mass is 14.9. The molecule has 3 heteroatoms. The van der Waals surface area contributed by atoms with Crippen molar-refractivity contribution in [3.63, 3.8) is 0 Å². The lowest BCUT2D eigenvalue weighted by Crippen LogP contribution is -2.27. The fraction of sp³-hybridized carbons (Fsp3) is 0.667. The van der Waals surface area contributed by atoms with Crippen LogP contribution in [-0.2, 0) is 12.8 Å². The van der Waals surface area contributed by atoms with Gasteiger partial charge in [0.1, 0.15) is 6.33 Å². The summed E-state index contributed by atoms with van der Waals surface area (Å²) in [4.78, 5) is 8.92. The molecule has 3 rings (SSSR count). The first kappa shape index (κ1) is 9.28. The number of aryl methyl sites for hydroxylation is 1. The van der Waals surface area contributed by atoms with Gasteiger partial charge in [-0.2, -0.15) is 0 Å². The second kappa shape index (κ2) is 3.89. The van der Waals surface area contributed by atoms with Gasteiger partial charge in [-0.15, -0.1) is 0 Å². The van der Waals surface area contributed by atoms with Crippen LogP contribution < -0.4 is 5.32 Å². The van der Waals surface area contributed by atoms with Crippen LogP contribution in [0.3, 0.4) is 0 Å². The Morgan fingerprint density at radius 2 is 2.00 bits per heavy atom.